The average molecular weight is 278 g/mol. The molecular weight excluding hydrogens is 263 g/mol. The van der Waals surface area contributed by atoms with Crippen LogP contribution in [0.2, 0.25) is 0 Å². The van der Waals surface area contributed by atoms with E-state index in [2.05, 4.69) is 5.32 Å². The summed E-state index contributed by atoms with van der Waals surface area (Å²) in [6.45, 7) is 2.63. The average Bonchev–Trinajstić information content (AvgIpc) is 2.90. The molecule has 1 unspecified atom stereocenters. The van der Waals surface area contributed by atoms with Crippen molar-refractivity contribution in [3.8, 4) is 0 Å². The predicted molar refractivity (Wildman–Crippen MR) is 71.9 cm³/mol. The molecular formula is C14H15FN2O3. The minimum atomic E-state index is -0.565. The molecule has 0 fully saturated rings. The smallest absolute Gasteiger partial charge is 0.404 e. The van der Waals surface area contributed by atoms with E-state index in [-0.39, 0.29) is 17.7 Å². The van der Waals surface area contributed by atoms with Crippen molar-refractivity contribution < 1.29 is 13.7 Å². The number of furan rings is 1. The lowest BCUT2D eigenvalue weighted by Crippen LogP contribution is -2.22. The molecule has 2 rings (SSSR count). The van der Waals surface area contributed by atoms with E-state index < -0.39 is 4.92 Å². The van der Waals surface area contributed by atoms with E-state index in [0.29, 0.717) is 18.7 Å². The SMILES string of the molecule is CCNC(Cc1ccc(F)cc1)c1ccc([N+](=O)[O-])o1. The van der Waals surface area contributed by atoms with Gasteiger partial charge in [0, 0.05) is 0 Å². The van der Waals surface area contributed by atoms with Gasteiger partial charge in [-0.1, -0.05) is 19.1 Å². The molecule has 106 valence electrons. The molecule has 1 atom stereocenters. The zero-order valence-corrected chi connectivity index (χ0v) is 11.0. The Morgan fingerprint density at radius 3 is 2.55 bits per heavy atom. The number of benzene rings is 1. The van der Waals surface area contributed by atoms with E-state index in [0.717, 1.165) is 5.56 Å². The number of likely N-dealkylation sites (N-methyl/N-ethyl adjacent to an activating group) is 1. The summed E-state index contributed by atoms with van der Waals surface area (Å²) in [6, 6.07) is 8.92. The molecule has 5 nitrogen and oxygen atoms in total. The minimum Gasteiger partial charge on any atom is -0.404 e. The number of nitro groups is 1. The second kappa shape index (κ2) is 6.29. The first kappa shape index (κ1) is 14.2. The van der Waals surface area contributed by atoms with Crippen LogP contribution in [0.25, 0.3) is 0 Å². The Labute approximate surface area is 115 Å². The van der Waals surface area contributed by atoms with Crippen LogP contribution in [0.15, 0.2) is 40.8 Å². The molecule has 1 heterocycles. The lowest BCUT2D eigenvalue weighted by molar-refractivity contribution is -0.402. The normalized spacial score (nSPS) is 12.3. The van der Waals surface area contributed by atoms with Gasteiger partial charge in [-0.15, -0.1) is 0 Å². The first-order valence-electron chi connectivity index (χ1n) is 6.32. The van der Waals surface area contributed by atoms with Crippen LogP contribution >= 0.6 is 0 Å². The van der Waals surface area contributed by atoms with Crippen LogP contribution in [0.3, 0.4) is 0 Å². The summed E-state index contributed by atoms with van der Waals surface area (Å²) in [5.41, 5.74) is 0.927. The Kier molecular flexibility index (Phi) is 4.47. The molecule has 0 saturated heterocycles. The van der Waals surface area contributed by atoms with Gasteiger partial charge in [-0.25, -0.2) is 4.39 Å². The summed E-state index contributed by atoms with van der Waals surface area (Å²) in [7, 11) is 0. The molecule has 0 radical (unpaired) electrons. The summed E-state index contributed by atoms with van der Waals surface area (Å²) >= 11 is 0. The van der Waals surface area contributed by atoms with E-state index in [1.807, 2.05) is 6.92 Å². The summed E-state index contributed by atoms with van der Waals surface area (Å²) in [5, 5.41) is 13.8. The van der Waals surface area contributed by atoms with Gasteiger partial charge in [0.2, 0.25) is 0 Å². The van der Waals surface area contributed by atoms with E-state index in [1.165, 1.54) is 18.2 Å². The molecule has 20 heavy (non-hydrogen) atoms. The van der Waals surface area contributed by atoms with Crippen molar-refractivity contribution in [3.05, 3.63) is 63.7 Å². The lowest BCUT2D eigenvalue weighted by Gasteiger charge is -2.15. The first-order valence-corrected chi connectivity index (χ1v) is 6.32. The molecule has 0 amide bonds. The number of nitrogens with one attached hydrogen (secondary N) is 1. The lowest BCUT2D eigenvalue weighted by atomic mass is 10.0. The van der Waals surface area contributed by atoms with Crippen molar-refractivity contribution in [2.45, 2.75) is 19.4 Å². The van der Waals surface area contributed by atoms with E-state index in [4.69, 9.17) is 4.42 Å². The molecule has 0 bridgehead atoms. The maximum absolute atomic E-state index is 12.9. The molecule has 6 heteroatoms. The van der Waals surface area contributed by atoms with E-state index >= 15 is 0 Å². The van der Waals surface area contributed by atoms with Crippen LogP contribution in [0.5, 0.6) is 0 Å². The predicted octanol–water partition coefficient (Wildman–Crippen LogP) is 3.22. The van der Waals surface area contributed by atoms with Crippen molar-refractivity contribution in [2.24, 2.45) is 0 Å². The van der Waals surface area contributed by atoms with Gasteiger partial charge in [0.1, 0.15) is 16.5 Å². The van der Waals surface area contributed by atoms with Crippen LogP contribution in [0, 0.1) is 15.9 Å². The zero-order valence-electron chi connectivity index (χ0n) is 11.0. The first-order chi connectivity index (χ1) is 9.60. The van der Waals surface area contributed by atoms with E-state index in [1.54, 1.807) is 18.2 Å². The fourth-order valence-electron chi connectivity index (χ4n) is 2.00. The van der Waals surface area contributed by atoms with Gasteiger partial charge in [-0.05, 0) is 36.7 Å². The summed E-state index contributed by atoms with van der Waals surface area (Å²) in [4.78, 5) is 10.1. The molecule has 0 saturated carbocycles. The maximum Gasteiger partial charge on any atom is 0.433 e. The highest BCUT2D eigenvalue weighted by Crippen LogP contribution is 2.24. The number of hydrogen-bond acceptors (Lipinski definition) is 4. The van der Waals surface area contributed by atoms with Crippen molar-refractivity contribution in [3.63, 3.8) is 0 Å². The Balaban J connectivity index is 2.17. The Morgan fingerprint density at radius 2 is 2.00 bits per heavy atom. The molecule has 2 aromatic rings. The van der Waals surface area contributed by atoms with Crippen molar-refractivity contribution >= 4 is 5.88 Å². The molecule has 1 aromatic heterocycles. The van der Waals surface area contributed by atoms with Gasteiger partial charge < -0.3 is 9.73 Å². The third-order valence-electron chi connectivity index (χ3n) is 2.94. The second-order valence-corrected chi connectivity index (χ2v) is 4.37. The molecule has 1 N–H and O–H groups in total. The topological polar surface area (TPSA) is 68.3 Å². The van der Waals surface area contributed by atoms with Crippen LogP contribution in [0.4, 0.5) is 10.3 Å². The van der Waals surface area contributed by atoms with Crippen LogP contribution in [-0.4, -0.2) is 11.5 Å². The minimum absolute atomic E-state index is 0.181. The van der Waals surface area contributed by atoms with Gasteiger partial charge >= 0.3 is 5.88 Å². The van der Waals surface area contributed by atoms with Crippen molar-refractivity contribution in [1.29, 1.82) is 0 Å². The van der Waals surface area contributed by atoms with Gasteiger partial charge in [0.25, 0.3) is 0 Å². The molecule has 0 aliphatic rings. The van der Waals surface area contributed by atoms with Gasteiger partial charge in [0.05, 0.1) is 12.1 Å². The Morgan fingerprint density at radius 1 is 1.30 bits per heavy atom. The molecule has 0 aliphatic heterocycles. The van der Waals surface area contributed by atoms with Gasteiger partial charge in [0.15, 0.2) is 0 Å². The monoisotopic (exact) mass is 278 g/mol. The van der Waals surface area contributed by atoms with Gasteiger partial charge in [-0.3, -0.25) is 10.1 Å². The molecule has 0 aliphatic carbocycles. The third-order valence-corrected chi connectivity index (χ3v) is 2.94. The highest BCUT2D eigenvalue weighted by molar-refractivity contribution is 5.23. The highest BCUT2D eigenvalue weighted by atomic mass is 19.1. The number of rotatable bonds is 6. The van der Waals surface area contributed by atoms with Crippen LogP contribution in [0.1, 0.15) is 24.3 Å². The van der Waals surface area contributed by atoms with E-state index in [9.17, 15) is 14.5 Å². The zero-order chi connectivity index (χ0) is 14.5. The Hall–Kier alpha value is -2.21. The largest absolute Gasteiger partial charge is 0.433 e. The summed E-state index contributed by atoms with van der Waals surface area (Å²) in [6.07, 6.45) is 0.568. The van der Waals surface area contributed by atoms with Crippen molar-refractivity contribution in [2.75, 3.05) is 6.54 Å². The van der Waals surface area contributed by atoms with Gasteiger partial charge in [-0.2, -0.15) is 0 Å². The molecule has 1 aromatic carbocycles. The fourth-order valence-corrected chi connectivity index (χ4v) is 2.00. The summed E-state index contributed by atoms with van der Waals surface area (Å²) in [5.74, 6) is -0.0627. The maximum atomic E-state index is 12.9. The third kappa shape index (κ3) is 3.42. The number of halogens is 1. The summed E-state index contributed by atoms with van der Waals surface area (Å²) < 4.78 is 18.1. The van der Waals surface area contributed by atoms with Crippen molar-refractivity contribution in [1.82, 2.24) is 5.32 Å². The number of nitrogens with zero attached hydrogens (tertiary/aromatic N) is 1. The second-order valence-electron chi connectivity index (χ2n) is 4.37. The molecule has 0 spiro atoms. The quantitative estimate of drug-likeness (QED) is 0.650. The highest BCUT2D eigenvalue weighted by Gasteiger charge is 2.19. The van der Waals surface area contributed by atoms with Crippen LogP contribution in [-0.2, 0) is 6.42 Å². The fraction of sp³-hybridized carbons (Fsp3) is 0.286. The standard InChI is InChI=1S/C14H15FN2O3/c1-2-16-12(9-10-3-5-11(15)6-4-10)13-7-8-14(20-13)17(18)19/h3-8,12,16H,2,9H2,1H3. The Bertz CT molecular complexity index is 580. The number of hydrogen-bond donors (Lipinski definition) is 1. The van der Waals surface area contributed by atoms with Crippen LogP contribution < -0.4 is 5.32 Å².